The highest BCUT2D eigenvalue weighted by Gasteiger charge is 2.21. The van der Waals surface area contributed by atoms with E-state index in [1.165, 1.54) is 6.07 Å². The van der Waals surface area contributed by atoms with Crippen LogP contribution >= 0.6 is 0 Å². The van der Waals surface area contributed by atoms with Crippen molar-refractivity contribution in [1.82, 2.24) is 0 Å². The lowest BCUT2D eigenvalue weighted by atomic mass is 10.2. The number of halogens is 3. The summed E-state index contributed by atoms with van der Waals surface area (Å²) in [5.74, 6) is -0.722. The Labute approximate surface area is 82.4 Å². The lowest BCUT2D eigenvalue weighted by molar-refractivity contribution is -0.386. The maximum absolute atomic E-state index is 12.3. The number of hydrogen-bond donors (Lipinski definition) is 0. The third-order valence-corrected chi connectivity index (χ3v) is 1.62. The second kappa shape index (κ2) is 4.63. The summed E-state index contributed by atoms with van der Waals surface area (Å²) in [5.41, 5.74) is -0.949. The van der Waals surface area contributed by atoms with Crippen LogP contribution < -0.4 is 4.74 Å². The van der Waals surface area contributed by atoms with E-state index in [0.717, 1.165) is 12.1 Å². The fourth-order valence-corrected chi connectivity index (χ4v) is 1.05. The molecule has 0 aromatic heterocycles. The van der Waals surface area contributed by atoms with Crippen molar-refractivity contribution in [2.24, 2.45) is 0 Å². The number of hydrogen-bond acceptors (Lipinski definition) is 3. The van der Waals surface area contributed by atoms with Crippen molar-refractivity contribution in [3.63, 3.8) is 0 Å². The van der Waals surface area contributed by atoms with Crippen LogP contribution in [-0.2, 0) is 6.67 Å². The molecule has 0 fully saturated rings. The van der Waals surface area contributed by atoms with Crippen molar-refractivity contribution in [2.45, 2.75) is 13.3 Å². The van der Waals surface area contributed by atoms with Crippen molar-refractivity contribution >= 4 is 5.69 Å². The minimum Gasteiger partial charge on any atom is -0.427 e. The second-order valence-electron chi connectivity index (χ2n) is 2.53. The maximum Gasteiger partial charge on any atom is 0.387 e. The first-order valence-electron chi connectivity index (χ1n) is 3.83. The predicted octanol–water partition coefficient (Wildman–Crippen LogP) is 2.67. The van der Waals surface area contributed by atoms with Gasteiger partial charge >= 0.3 is 12.3 Å². The molecular weight excluding hydrogens is 215 g/mol. The van der Waals surface area contributed by atoms with E-state index >= 15 is 0 Å². The SMILES string of the molecule is O=[N+]([O-])c1cccc(CF)c1OC(F)F. The number of nitro groups is 1. The Morgan fingerprint density at radius 1 is 1.47 bits per heavy atom. The van der Waals surface area contributed by atoms with Gasteiger partial charge in [0.2, 0.25) is 5.75 Å². The minimum atomic E-state index is -3.23. The zero-order valence-electron chi connectivity index (χ0n) is 7.32. The van der Waals surface area contributed by atoms with Gasteiger partial charge < -0.3 is 4.74 Å². The summed E-state index contributed by atoms with van der Waals surface area (Å²) in [5, 5.41) is 10.4. The average Bonchev–Trinajstić information content (AvgIpc) is 2.16. The van der Waals surface area contributed by atoms with Gasteiger partial charge in [0.05, 0.1) is 4.92 Å². The number of rotatable bonds is 4. The number of nitro benzene ring substituents is 1. The van der Waals surface area contributed by atoms with Gasteiger partial charge in [-0.1, -0.05) is 12.1 Å². The van der Waals surface area contributed by atoms with E-state index in [1.807, 2.05) is 0 Å². The van der Waals surface area contributed by atoms with Gasteiger partial charge in [-0.05, 0) is 0 Å². The van der Waals surface area contributed by atoms with E-state index in [1.54, 1.807) is 0 Å². The van der Waals surface area contributed by atoms with E-state index in [-0.39, 0.29) is 5.56 Å². The van der Waals surface area contributed by atoms with Crippen LogP contribution in [0.4, 0.5) is 18.9 Å². The highest BCUT2D eigenvalue weighted by atomic mass is 19.3. The van der Waals surface area contributed by atoms with Crippen molar-refractivity contribution < 1.29 is 22.8 Å². The van der Waals surface area contributed by atoms with Crippen LogP contribution in [0.15, 0.2) is 18.2 Å². The van der Waals surface area contributed by atoms with E-state index in [9.17, 15) is 23.3 Å². The molecule has 0 aliphatic rings. The Hall–Kier alpha value is -1.79. The summed E-state index contributed by atoms with van der Waals surface area (Å²) in [6.45, 7) is -4.33. The second-order valence-corrected chi connectivity index (χ2v) is 2.53. The number of para-hydroxylation sites is 1. The molecule has 1 rings (SSSR count). The Bertz CT molecular complexity index is 370. The van der Waals surface area contributed by atoms with Crippen LogP contribution in [0.25, 0.3) is 0 Å². The van der Waals surface area contributed by atoms with Crippen LogP contribution in [0.5, 0.6) is 5.75 Å². The van der Waals surface area contributed by atoms with Gasteiger partial charge in [-0.3, -0.25) is 10.1 Å². The summed E-state index contributed by atoms with van der Waals surface area (Å²) in [7, 11) is 0. The van der Waals surface area contributed by atoms with E-state index < -0.39 is 29.6 Å². The van der Waals surface area contributed by atoms with Crippen molar-refractivity contribution in [2.75, 3.05) is 0 Å². The lowest BCUT2D eigenvalue weighted by Crippen LogP contribution is -2.06. The fraction of sp³-hybridized carbons (Fsp3) is 0.250. The quantitative estimate of drug-likeness (QED) is 0.580. The number of benzene rings is 1. The van der Waals surface area contributed by atoms with E-state index in [4.69, 9.17) is 0 Å². The fourth-order valence-electron chi connectivity index (χ4n) is 1.05. The first-order chi connectivity index (χ1) is 7.06. The summed E-state index contributed by atoms with van der Waals surface area (Å²) in [6, 6.07) is 3.31. The van der Waals surface area contributed by atoms with Gasteiger partial charge in [-0.15, -0.1) is 0 Å². The molecule has 0 radical (unpaired) electrons. The maximum atomic E-state index is 12.3. The molecule has 1 aromatic rings. The molecule has 0 saturated heterocycles. The summed E-state index contributed by atoms with van der Waals surface area (Å²) in [6.07, 6.45) is 0. The standard InChI is InChI=1S/C8H6F3NO3/c9-4-5-2-1-3-6(12(13)14)7(5)15-8(10)11/h1-3,8H,4H2. The van der Waals surface area contributed by atoms with Crippen molar-refractivity contribution in [3.8, 4) is 5.75 Å². The smallest absolute Gasteiger partial charge is 0.387 e. The third-order valence-electron chi connectivity index (χ3n) is 1.62. The first-order valence-corrected chi connectivity index (χ1v) is 3.83. The topological polar surface area (TPSA) is 52.4 Å². The lowest BCUT2D eigenvalue weighted by Gasteiger charge is -2.08. The van der Waals surface area contributed by atoms with Crippen LogP contribution in [0.2, 0.25) is 0 Å². The van der Waals surface area contributed by atoms with Gasteiger partial charge in [0.15, 0.2) is 0 Å². The number of alkyl halides is 3. The molecule has 4 nitrogen and oxygen atoms in total. The van der Waals surface area contributed by atoms with Gasteiger partial charge in [0.1, 0.15) is 6.67 Å². The average molecular weight is 221 g/mol. The van der Waals surface area contributed by atoms with E-state index in [0.29, 0.717) is 0 Å². The minimum absolute atomic E-state index is 0.274. The Morgan fingerprint density at radius 3 is 2.60 bits per heavy atom. The first kappa shape index (κ1) is 11.3. The van der Waals surface area contributed by atoms with Crippen LogP contribution in [0.1, 0.15) is 5.56 Å². The number of ether oxygens (including phenoxy) is 1. The number of nitrogens with zero attached hydrogens (tertiary/aromatic N) is 1. The molecule has 0 spiro atoms. The zero-order valence-corrected chi connectivity index (χ0v) is 7.32. The molecule has 0 aliphatic carbocycles. The highest BCUT2D eigenvalue weighted by molar-refractivity contribution is 5.51. The molecule has 0 atom stereocenters. The normalized spacial score (nSPS) is 10.4. The Balaban J connectivity index is 3.20. The molecule has 1 aromatic carbocycles. The van der Waals surface area contributed by atoms with Gasteiger partial charge in [-0.2, -0.15) is 8.78 Å². The summed E-state index contributed by atoms with van der Waals surface area (Å²) >= 11 is 0. The van der Waals surface area contributed by atoms with Crippen molar-refractivity contribution in [1.29, 1.82) is 0 Å². The molecule has 0 saturated carbocycles. The zero-order chi connectivity index (χ0) is 11.4. The molecule has 7 heteroatoms. The van der Waals surface area contributed by atoms with Gasteiger partial charge in [-0.25, -0.2) is 4.39 Å². The molecule has 0 heterocycles. The molecule has 82 valence electrons. The highest BCUT2D eigenvalue weighted by Crippen LogP contribution is 2.32. The summed E-state index contributed by atoms with van der Waals surface area (Å²) in [4.78, 5) is 9.52. The third kappa shape index (κ3) is 2.58. The van der Waals surface area contributed by atoms with Crippen molar-refractivity contribution in [3.05, 3.63) is 33.9 Å². The van der Waals surface area contributed by atoms with Gasteiger partial charge in [0.25, 0.3) is 0 Å². The molecule has 0 bridgehead atoms. The van der Waals surface area contributed by atoms with Crippen LogP contribution in [-0.4, -0.2) is 11.5 Å². The largest absolute Gasteiger partial charge is 0.427 e. The van der Waals surface area contributed by atoms with Crippen LogP contribution in [0, 0.1) is 10.1 Å². The molecular formula is C8H6F3NO3. The summed E-state index contributed by atoms with van der Waals surface area (Å²) < 4.78 is 40.1. The molecule has 15 heavy (non-hydrogen) atoms. The van der Waals surface area contributed by atoms with E-state index in [2.05, 4.69) is 4.74 Å². The van der Waals surface area contributed by atoms with Gasteiger partial charge in [0, 0.05) is 11.6 Å². The molecule has 0 N–H and O–H groups in total. The molecule has 0 aliphatic heterocycles. The molecule has 0 amide bonds. The Morgan fingerprint density at radius 2 is 2.13 bits per heavy atom. The monoisotopic (exact) mass is 221 g/mol. The Kier molecular flexibility index (Phi) is 3.48. The molecule has 0 unspecified atom stereocenters. The predicted molar refractivity (Wildman–Crippen MR) is 44.5 cm³/mol. The van der Waals surface area contributed by atoms with Crippen LogP contribution in [0.3, 0.4) is 0 Å².